The van der Waals surface area contributed by atoms with Crippen LogP contribution in [-0.4, -0.2) is 66.7 Å². The lowest BCUT2D eigenvalue weighted by Gasteiger charge is -2.40. The van der Waals surface area contributed by atoms with E-state index >= 15 is 0 Å². The number of hydrogen-bond acceptors (Lipinski definition) is 6. The van der Waals surface area contributed by atoms with Gasteiger partial charge in [-0.05, 0) is 51.1 Å². The van der Waals surface area contributed by atoms with E-state index in [4.69, 9.17) is 4.74 Å². The molecule has 5 rings (SSSR count). The second kappa shape index (κ2) is 7.71. The molecule has 0 amide bonds. The van der Waals surface area contributed by atoms with Crippen LogP contribution in [0.25, 0.3) is 0 Å². The van der Waals surface area contributed by atoms with Crippen LogP contribution in [-0.2, 0) is 11.3 Å². The third-order valence-corrected chi connectivity index (χ3v) is 7.04. The molecule has 1 aromatic heterocycles. The van der Waals surface area contributed by atoms with Crippen LogP contribution in [0.2, 0.25) is 0 Å². The molecule has 0 saturated carbocycles. The predicted octanol–water partition coefficient (Wildman–Crippen LogP) is 1.75. The van der Waals surface area contributed by atoms with Gasteiger partial charge in [-0.15, -0.1) is 0 Å². The van der Waals surface area contributed by atoms with Gasteiger partial charge in [-0.25, -0.2) is 0 Å². The minimum absolute atomic E-state index is 0.0463. The van der Waals surface area contributed by atoms with Gasteiger partial charge in [0.25, 0.3) is 5.56 Å². The molecule has 0 radical (unpaired) electrons. The molecule has 4 aliphatic rings. The standard InChI is InChI=1S/C20H28F3N5O2/c21-20(22,23)16-4-8-27-18(29)10-17(28-11-15-9-14(28)12-30-15)25-19(27)26(16)7-3-13-1-5-24-6-2-13/h10,13-16,24H,1-9,11-12H2. The summed E-state index contributed by atoms with van der Waals surface area (Å²) in [5.74, 6) is 1.05. The lowest BCUT2D eigenvalue weighted by Crippen LogP contribution is -2.53. The van der Waals surface area contributed by atoms with Crippen LogP contribution < -0.4 is 20.7 Å². The Balaban J connectivity index is 1.46. The summed E-state index contributed by atoms with van der Waals surface area (Å²) in [7, 11) is 0. The average Bonchev–Trinajstić information content (AvgIpc) is 3.35. The number of ether oxygens (including phenoxy) is 1. The van der Waals surface area contributed by atoms with Crippen LogP contribution in [0.15, 0.2) is 10.9 Å². The number of nitrogens with zero attached hydrogens (tertiary/aromatic N) is 4. The van der Waals surface area contributed by atoms with Crippen molar-refractivity contribution < 1.29 is 17.9 Å². The third kappa shape index (κ3) is 3.68. The smallest absolute Gasteiger partial charge is 0.374 e. The lowest BCUT2D eigenvalue weighted by atomic mass is 9.94. The molecule has 1 aromatic rings. The molecule has 0 aromatic carbocycles. The topological polar surface area (TPSA) is 62.6 Å². The summed E-state index contributed by atoms with van der Waals surface area (Å²) < 4.78 is 48.7. The van der Waals surface area contributed by atoms with Gasteiger partial charge in [0.05, 0.1) is 18.8 Å². The minimum atomic E-state index is -4.35. The van der Waals surface area contributed by atoms with Gasteiger partial charge in [0.15, 0.2) is 0 Å². The van der Waals surface area contributed by atoms with Crippen LogP contribution in [0.1, 0.15) is 32.1 Å². The van der Waals surface area contributed by atoms with Gasteiger partial charge in [0, 0.05) is 25.7 Å². The van der Waals surface area contributed by atoms with Gasteiger partial charge < -0.3 is 19.9 Å². The minimum Gasteiger partial charge on any atom is -0.374 e. The molecule has 0 spiro atoms. The Morgan fingerprint density at radius 3 is 2.70 bits per heavy atom. The van der Waals surface area contributed by atoms with E-state index in [1.807, 2.05) is 4.90 Å². The summed E-state index contributed by atoms with van der Waals surface area (Å²) in [4.78, 5) is 20.8. The fourth-order valence-electron chi connectivity index (χ4n) is 5.37. The number of piperidine rings is 1. The first-order valence-electron chi connectivity index (χ1n) is 10.9. The van der Waals surface area contributed by atoms with E-state index in [1.165, 1.54) is 15.5 Å². The predicted molar refractivity (Wildman–Crippen MR) is 106 cm³/mol. The highest BCUT2D eigenvalue weighted by Gasteiger charge is 2.47. The van der Waals surface area contributed by atoms with Gasteiger partial charge in [0.1, 0.15) is 11.9 Å². The van der Waals surface area contributed by atoms with E-state index < -0.39 is 12.2 Å². The van der Waals surface area contributed by atoms with E-state index in [-0.39, 0.29) is 43.2 Å². The highest BCUT2D eigenvalue weighted by atomic mass is 19.4. The number of aromatic nitrogens is 2. The normalized spacial score (nSPS) is 29.5. The Kier molecular flexibility index (Phi) is 5.17. The fourth-order valence-corrected chi connectivity index (χ4v) is 5.37. The summed E-state index contributed by atoms with van der Waals surface area (Å²) in [5, 5.41) is 3.29. The molecule has 5 heterocycles. The van der Waals surface area contributed by atoms with Crippen molar-refractivity contribution in [1.82, 2.24) is 14.9 Å². The highest BCUT2D eigenvalue weighted by molar-refractivity contribution is 5.49. The third-order valence-electron chi connectivity index (χ3n) is 7.04. The maximum Gasteiger partial charge on any atom is 0.408 e. The second-order valence-corrected chi connectivity index (χ2v) is 8.92. The first-order chi connectivity index (χ1) is 14.4. The Morgan fingerprint density at radius 1 is 1.23 bits per heavy atom. The van der Waals surface area contributed by atoms with Crippen molar-refractivity contribution in [2.75, 3.05) is 42.6 Å². The maximum absolute atomic E-state index is 13.9. The molecule has 3 atom stereocenters. The molecule has 3 saturated heterocycles. The summed E-state index contributed by atoms with van der Waals surface area (Å²) in [6, 6.07) is 0.0261. The molecule has 30 heavy (non-hydrogen) atoms. The molecular weight excluding hydrogens is 399 g/mol. The summed E-state index contributed by atoms with van der Waals surface area (Å²) >= 11 is 0. The first kappa shape index (κ1) is 20.1. The molecule has 3 unspecified atom stereocenters. The largest absolute Gasteiger partial charge is 0.408 e. The van der Waals surface area contributed by atoms with Crippen molar-refractivity contribution >= 4 is 11.8 Å². The molecule has 1 N–H and O–H groups in total. The maximum atomic E-state index is 13.9. The zero-order valence-corrected chi connectivity index (χ0v) is 16.9. The number of fused-ring (bicyclic) bond motifs is 3. The molecule has 2 bridgehead atoms. The summed E-state index contributed by atoms with van der Waals surface area (Å²) in [5.41, 5.74) is -0.272. The number of hydrogen-bond donors (Lipinski definition) is 1. The number of morpholine rings is 1. The zero-order valence-electron chi connectivity index (χ0n) is 16.9. The molecular formula is C20H28F3N5O2. The van der Waals surface area contributed by atoms with Crippen molar-refractivity contribution in [3.8, 4) is 0 Å². The van der Waals surface area contributed by atoms with Crippen molar-refractivity contribution in [1.29, 1.82) is 0 Å². The molecule has 10 heteroatoms. The van der Waals surface area contributed by atoms with Crippen molar-refractivity contribution in [2.45, 2.75) is 63.0 Å². The summed E-state index contributed by atoms with van der Waals surface area (Å²) in [6.07, 6.45) is -0.848. The monoisotopic (exact) mass is 427 g/mol. The van der Waals surface area contributed by atoms with E-state index in [0.717, 1.165) is 32.4 Å². The van der Waals surface area contributed by atoms with Gasteiger partial charge in [-0.2, -0.15) is 18.2 Å². The van der Waals surface area contributed by atoms with E-state index in [9.17, 15) is 18.0 Å². The first-order valence-corrected chi connectivity index (χ1v) is 10.9. The highest BCUT2D eigenvalue weighted by Crippen LogP contribution is 2.36. The van der Waals surface area contributed by atoms with E-state index in [2.05, 4.69) is 10.3 Å². The van der Waals surface area contributed by atoms with Crippen LogP contribution in [0.5, 0.6) is 0 Å². The fraction of sp³-hybridized carbons (Fsp3) is 0.800. The van der Waals surface area contributed by atoms with Crippen molar-refractivity contribution in [3.05, 3.63) is 16.4 Å². The van der Waals surface area contributed by atoms with Gasteiger partial charge in [-0.3, -0.25) is 9.36 Å². The molecule has 4 aliphatic heterocycles. The Hall–Kier alpha value is -1.81. The van der Waals surface area contributed by atoms with E-state index in [0.29, 0.717) is 31.3 Å². The number of halogens is 3. The quantitative estimate of drug-likeness (QED) is 0.790. The second-order valence-electron chi connectivity index (χ2n) is 8.92. The molecule has 166 valence electrons. The summed E-state index contributed by atoms with van der Waals surface area (Å²) in [6.45, 7) is 3.34. The number of rotatable bonds is 4. The number of alkyl halides is 3. The Morgan fingerprint density at radius 2 is 2.03 bits per heavy atom. The van der Waals surface area contributed by atoms with Crippen LogP contribution in [0.3, 0.4) is 0 Å². The molecule has 7 nitrogen and oxygen atoms in total. The Bertz CT molecular complexity index is 839. The van der Waals surface area contributed by atoms with Gasteiger partial charge in [-0.1, -0.05) is 0 Å². The van der Waals surface area contributed by atoms with E-state index in [1.54, 1.807) is 0 Å². The van der Waals surface area contributed by atoms with Crippen LogP contribution in [0, 0.1) is 5.92 Å². The van der Waals surface area contributed by atoms with Crippen LogP contribution in [0.4, 0.5) is 24.9 Å². The van der Waals surface area contributed by atoms with Gasteiger partial charge in [0.2, 0.25) is 5.95 Å². The Labute approximate surface area is 173 Å². The zero-order chi connectivity index (χ0) is 20.9. The molecule has 3 fully saturated rings. The average molecular weight is 427 g/mol. The van der Waals surface area contributed by atoms with Crippen molar-refractivity contribution in [2.24, 2.45) is 5.92 Å². The number of nitrogens with one attached hydrogen (secondary N) is 1. The molecule has 0 aliphatic carbocycles. The lowest BCUT2D eigenvalue weighted by molar-refractivity contribution is -0.152. The van der Waals surface area contributed by atoms with Crippen molar-refractivity contribution in [3.63, 3.8) is 0 Å². The van der Waals surface area contributed by atoms with Gasteiger partial charge >= 0.3 is 6.18 Å². The SMILES string of the molecule is O=c1cc(N2CC3CC2CO3)nc2n1CCC(C(F)(F)F)N2CCC1CCNCC1. The van der Waals surface area contributed by atoms with Crippen LogP contribution >= 0.6 is 0 Å². The number of anilines is 2.